The molecule has 0 aromatic carbocycles. The number of carbonyl (C=O) groups is 1. The lowest BCUT2D eigenvalue weighted by atomic mass is 9.83. The second-order valence-corrected chi connectivity index (χ2v) is 10.2. The van der Waals surface area contributed by atoms with E-state index < -0.39 is 0 Å². The number of carbonyl (C=O) groups excluding carboxylic acids is 1. The van der Waals surface area contributed by atoms with E-state index in [0.717, 1.165) is 75.4 Å². The summed E-state index contributed by atoms with van der Waals surface area (Å²) in [6.45, 7) is 6.19. The van der Waals surface area contributed by atoms with Crippen LogP contribution in [0.25, 0.3) is 0 Å². The van der Waals surface area contributed by atoms with Crippen LogP contribution >= 0.6 is 11.3 Å². The molecule has 4 heterocycles. The summed E-state index contributed by atoms with van der Waals surface area (Å²) in [5.74, 6) is 1.69. The fourth-order valence-electron chi connectivity index (χ4n) is 4.95. The van der Waals surface area contributed by atoms with E-state index in [0.29, 0.717) is 12.5 Å². The highest BCUT2D eigenvalue weighted by Gasteiger charge is 2.33. The number of piperidine rings is 1. The van der Waals surface area contributed by atoms with Crippen LogP contribution in [0, 0.1) is 12.8 Å². The Hall–Kier alpha value is -1.99. The summed E-state index contributed by atoms with van der Waals surface area (Å²) in [6, 6.07) is 2.23. The standard InChI is InChI=1S/C23H30N4O2S/c1-15-11-16(14-30-15)12-26-8-7-20-19(13-26)22(28)25-21(24-20)17-5-9-27(10-6-17)23(29)18-3-2-4-18/h11,14,17-18H,2-10,12-13H2,1H3,(H,24,25,28). The molecule has 1 amide bonds. The lowest BCUT2D eigenvalue weighted by Crippen LogP contribution is -2.43. The fraction of sp³-hybridized carbons (Fsp3) is 0.609. The summed E-state index contributed by atoms with van der Waals surface area (Å²) in [7, 11) is 0. The van der Waals surface area contributed by atoms with Crippen molar-refractivity contribution in [3.05, 3.63) is 49.3 Å². The SMILES string of the molecule is Cc1cc(CN2CCc3nc(C4CCN(C(=O)C5CCC5)CC4)[nH]c(=O)c3C2)cs1. The summed E-state index contributed by atoms with van der Waals surface area (Å²) in [4.78, 5) is 39.0. The van der Waals surface area contributed by atoms with E-state index >= 15 is 0 Å². The highest BCUT2D eigenvalue weighted by molar-refractivity contribution is 7.10. The minimum atomic E-state index is 0.0224. The normalized spacial score (nSPS) is 20.8. The van der Waals surface area contributed by atoms with Gasteiger partial charge in [-0.05, 0) is 49.6 Å². The largest absolute Gasteiger partial charge is 0.342 e. The number of likely N-dealkylation sites (tertiary alicyclic amines) is 1. The predicted octanol–water partition coefficient (Wildman–Crippen LogP) is 3.20. The third-order valence-electron chi connectivity index (χ3n) is 7.00. The summed E-state index contributed by atoms with van der Waals surface area (Å²) in [5.41, 5.74) is 3.15. The van der Waals surface area contributed by atoms with E-state index in [1.165, 1.54) is 16.9 Å². The molecule has 7 heteroatoms. The van der Waals surface area contributed by atoms with Gasteiger partial charge < -0.3 is 9.88 Å². The first-order chi connectivity index (χ1) is 14.6. The second kappa shape index (κ2) is 8.27. The van der Waals surface area contributed by atoms with Crippen LogP contribution in [0.3, 0.4) is 0 Å². The van der Waals surface area contributed by atoms with E-state index in [2.05, 4.69) is 28.3 Å². The van der Waals surface area contributed by atoms with Crippen molar-refractivity contribution in [3.8, 4) is 0 Å². The number of aromatic nitrogens is 2. The summed E-state index contributed by atoms with van der Waals surface area (Å²) >= 11 is 1.78. The molecule has 0 radical (unpaired) electrons. The van der Waals surface area contributed by atoms with Gasteiger partial charge in [-0.3, -0.25) is 14.5 Å². The van der Waals surface area contributed by atoms with Crippen LogP contribution in [0.4, 0.5) is 0 Å². The third kappa shape index (κ3) is 3.97. The zero-order valence-corrected chi connectivity index (χ0v) is 18.5. The lowest BCUT2D eigenvalue weighted by Gasteiger charge is -2.36. The number of thiophene rings is 1. The van der Waals surface area contributed by atoms with Gasteiger partial charge in [0.1, 0.15) is 5.82 Å². The molecule has 2 aromatic rings. The molecule has 0 bridgehead atoms. The minimum Gasteiger partial charge on any atom is -0.342 e. The average Bonchev–Trinajstić information content (AvgIpc) is 3.11. The molecular weight excluding hydrogens is 396 g/mol. The maximum atomic E-state index is 12.9. The maximum Gasteiger partial charge on any atom is 0.255 e. The van der Waals surface area contributed by atoms with Gasteiger partial charge in [-0.15, -0.1) is 11.3 Å². The first-order valence-corrected chi connectivity index (χ1v) is 12.1. The van der Waals surface area contributed by atoms with Crippen molar-refractivity contribution in [3.63, 3.8) is 0 Å². The number of H-pyrrole nitrogens is 1. The zero-order chi connectivity index (χ0) is 20.7. The van der Waals surface area contributed by atoms with Gasteiger partial charge in [-0.1, -0.05) is 6.42 Å². The molecule has 0 spiro atoms. The quantitative estimate of drug-likeness (QED) is 0.815. The smallest absolute Gasteiger partial charge is 0.255 e. The van der Waals surface area contributed by atoms with E-state index in [1.54, 1.807) is 11.3 Å². The van der Waals surface area contributed by atoms with Crippen LogP contribution in [-0.2, 0) is 24.3 Å². The molecule has 2 fully saturated rings. The van der Waals surface area contributed by atoms with Crippen LogP contribution in [0.2, 0.25) is 0 Å². The van der Waals surface area contributed by atoms with Crippen molar-refractivity contribution in [2.45, 2.75) is 64.5 Å². The molecule has 0 atom stereocenters. The number of fused-ring (bicyclic) bond motifs is 1. The molecule has 6 nitrogen and oxygen atoms in total. The summed E-state index contributed by atoms with van der Waals surface area (Å²) in [6.07, 6.45) is 5.92. The van der Waals surface area contributed by atoms with Gasteiger partial charge in [0, 0.05) is 55.9 Å². The number of aryl methyl sites for hydroxylation is 1. The van der Waals surface area contributed by atoms with Crippen molar-refractivity contribution in [1.82, 2.24) is 19.8 Å². The van der Waals surface area contributed by atoms with Gasteiger partial charge in [-0.2, -0.15) is 0 Å². The number of hydrogen-bond acceptors (Lipinski definition) is 5. The van der Waals surface area contributed by atoms with Crippen molar-refractivity contribution in [2.75, 3.05) is 19.6 Å². The van der Waals surface area contributed by atoms with Crippen LogP contribution in [0.5, 0.6) is 0 Å². The lowest BCUT2D eigenvalue weighted by molar-refractivity contribution is -0.139. The van der Waals surface area contributed by atoms with Gasteiger partial charge in [0.25, 0.3) is 5.56 Å². The van der Waals surface area contributed by atoms with Gasteiger partial charge in [0.15, 0.2) is 0 Å². The van der Waals surface area contributed by atoms with E-state index in [-0.39, 0.29) is 17.4 Å². The van der Waals surface area contributed by atoms with Crippen molar-refractivity contribution in [2.24, 2.45) is 5.92 Å². The predicted molar refractivity (Wildman–Crippen MR) is 118 cm³/mol. The molecule has 1 saturated heterocycles. The first kappa shape index (κ1) is 19.9. The number of aromatic amines is 1. The Bertz CT molecular complexity index is 985. The maximum absolute atomic E-state index is 12.9. The minimum absolute atomic E-state index is 0.0224. The summed E-state index contributed by atoms with van der Waals surface area (Å²) < 4.78 is 0. The highest BCUT2D eigenvalue weighted by Crippen LogP contribution is 2.32. The van der Waals surface area contributed by atoms with Crippen LogP contribution in [0.15, 0.2) is 16.2 Å². The Labute approximate surface area is 181 Å². The molecule has 3 aliphatic rings. The fourth-order valence-corrected chi connectivity index (χ4v) is 5.65. The molecule has 160 valence electrons. The van der Waals surface area contributed by atoms with Crippen molar-refractivity contribution >= 4 is 17.2 Å². The Balaban J connectivity index is 1.24. The molecule has 1 saturated carbocycles. The molecule has 2 aromatic heterocycles. The van der Waals surface area contributed by atoms with Crippen LogP contribution < -0.4 is 5.56 Å². The first-order valence-electron chi connectivity index (χ1n) is 11.2. The molecule has 5 rings (SSSR count). The van der Waals surface area contributed by atoms with Gasteiger partial charge in [-0.25, -0.2) is 4.98 Å². The number of rotatable bonds is 4. The van der Waals surface area contributed by atoms with Crippen molar-refractivity contribution in [1.29, 1.82) is 0 Å². The number of amides is 1. The van der Waals surface area contributed by atoms with Gasteiger partial charge in [0.2, 0.25) is 5.91 Å². The van der Waals surface area contributed by atoms with Crippen molar-refractivity contribution < 1.29 is 4.79 Å². The van der Waals surface area contributed by atoms with E-state index in [9.17, 15) is 9.59 Å². The monoisotopic (exact) mass is 426 g/mol. The van der Waals surface area contributed by atoms with Gasteiger partial charge in [0.05, 0.1) is 11.3 Å². The highest BCUT2D eigenvalue weighted by atomic mass is 32.1. The number of hydrogen-bond donors (Lipinski definition) is 1. The summed E-state index contributed by atoms with van der Waals surface area (Å²) in [5, 5.41) is 2.21. The van der Waals surface area contributed by atoms with Gasteiger partial charge >= 0.3 is 0 Å². The number of nitrogens with zero attached hydrogens (tertiary/aromatic N) is 3. The molecule has 30 heavy (non-hydrogen) atoms. The van der Waals surface area contributed by atoms with Crippen LogP contribution in [-0.4, -0.2) is 45.3 Å². The topological polar surface area (TPSA) is 69.3 Å². The molecule has 1 aliphatic carbocycles. The van der Waals surface area contributed by atoms with E-state index in [4.69, 9.17) is 4.98 Å². The average molecular weight is 427 g/mol. The van der Waals surface area contributed by atoms with Crippen LogP contribution in [0.1, 0.15) is 65.5 Å². The third-order valence-corrected chi connectivity index (χ3v) is 7.92. The molecular formula is C23H30N4O2S. The molecule has 0 unspecified atom stereocenters. The Kier molecular flexibility index (Phi) is 5.50. The second-order valence-electron chi connectivity index (χ2n) is 9.13. The Morgan fingerprint density at radius 3 is 2.70 bits per heavy atom. The molecule has 1 N–H and O–H groups in total. The number of nitrogens with one attached hydrogen (secondary N) is 1. The zero-order valence-electron chi connectivity index (χ0n) is 17.7. The molecule has 2 aliphatic heterocycles. The Morgan fingerprint density at radius 2 is 2.03 bits per heavy atom. The van der Waals surface area contributed by atoms with E-state index in [1.807, 2.05) is 4.90 Å². The Morgan fingerprint density at radius 1 is 1.23 bits per heavy atom.